The molecule has 1 atom stereocenters. The quantitative estimate of drug-likeness (QED) is 0.462. The molecule has 0 bridgehead atoms. The van der Waals surface area contributed by atoms with Crippen LogP contribution in [0, 0.1) is 0 Å². The molecule has 180 valence electrons. The van der Waals surface area contributed by atoms with Gasteiger partial charge >= 0.3 is 0 Å². The first-order valence-electron chi connectivity index (χ1n) is 12.5. The van der Waals surface area contributed by atoms with Crippen molar-refractivity contribution in [3.63, 3.8) is 0 Å². The number of hydrogen-bond donors (Lipinski definition) is 2. The van der Waals surface area contributed by atoms with Crippen LogP contribution >= 0.6 is 11.8 Å². The Kier molecular flexibility index (Phi) is 8.46. The van der Waals surface area contributed by atoms with Crippen molar-refractivity contribution in [1.82, 2.24) is 10.2 Å². The largest absolute Gasteiger partial charge is 0.351 e. The minimum absolute atomic E-state index is 0.0968. The number of anilines is 1. The zero-order chi connectivity index (χ0) is 23.9. The second-order valence-electron chi connectivity index (χ2n) is 9.23. The second-order valence-corrected chi connectivity index (χ2v) is 10.3. The zero-order valence-corrected chi connectivity index (χ0v) is 21.0. The summed E-state index contributed by atoms with van der Waals surface area (Å²) in [5, 5.41) is 6.04. The average Bonchev–Trinajstić information content (AvgIpc) is 2.87. The monoisotopic (exact) mass is 477 g/mol. The zero-order valence-electron chi connectivity index (χ0n) is 20.2. The van der Waals surface area contributed by atoms with Crippen molar-refractivity contribution in [2.24, 2.45) is 0 Å². The van der Waals surface area contributed by atoms with Crippen LogP contribution in [0.2, 0.25) is 0 Å². The van der Waals surface area contributed by atoms with Crippen LogP contribution in [-0.4, -0.2) is 41.9 Å². The first-order chi connectivity index (χ1) is 16.5. The summed E-state index contributed by atoms with van der Waals surface area (Å²) in [4.78, 5) is 29.7. The Bertz CT molecular complexity index is 1030. The fourth-order valence-corrected chi connectivity index (χ4v) is 5.74. The maximum atomic E-state index is 12.9. The number of thioether (sulfide) groups is 1. The van der Waals surface area contributed by atoms with Gasteiger partial charge in [0.2, 0.25) is 0 Å². The smallest absolute Gasteiger partial charge is 0.262 e. The van der Waals surface area contributed by atoms with E-state index < -0.39 is 0 Å². The van der Waals surface area contributed by atoms with Crippen LogP contribution < -0.4 is 10.6 Å². The second kappa shape index (κ2) is 11.7. The lowest BCUT2D eigenvalue weighted by Gasteiger charge is -2.38. The highest BCUT2D eigenvalue weighted by Crippen LogP contribution is 2.39. The third kappa shape index (κ3) is 6.10. The maximum absolute atomic E-state index is 12.9. The van der Waals surface area contributed by atoms with Gasteiger partial charge in [0.1, 0.15) is 0 Å². The third-order valence-electron chi connectivity index (χ3n) is 6.89. The number of amides is 2. The molecule has 1 unspecified atom stereocenters. The predicted molar refractivity (Wildman–Crippen MR) is 141 cm³/mol. The number of carbonyl (C=O) groups is 2. The van der Waals surface area contributed by atoms with Gasteiger partial charge in [0, 0.05) is 35.6 Å². The molecule has 2 amide bonds. The molecule has 6 heteroatoms. The topological polar surface area (TPSA) is 61.4 Å². The first kappa shape index (κ1) is 24.6. The SMILES string of the molecule is CCC(C)N(CCNC(=O)c1ccc2c(c1)NC(=O)/C(=C/c1ccccc1)S2)C1CCCCC1. The molecule has 0 saturated heterocycles. The van der Waals surface area contributed by atoms with E-state index in [-0.39, 0.29) is 11.8 Å². The number of carbonyl (C=O) groups excluding carboxylic acids is 2. The van der Waals surface area contributed by atoms with Crippen LogP contribution in [0.1, 0.15) is 68.3 Å². The number of fused-ring (bicyclic) bond motifs is 1. The molecular formula is C28H35N3O2S. The summed E-state index contributed by atoms with van der Waals surface area (Å²) in [6.45, 7) is 6.03. The molecule has 1 fully saturated rings. The normalized spacial score (nSPS) is 18.4. The van der Waals surface area contributed by atoms with E-state index in [9.17, 15) is 9.59 Å². The van der Waals surface area contributed by atoms with Crippen LogP contribution in [0.3, 0.4) is 0 Å². The van der Waals surface area contributed by atoms with Gasteiger partial charge in [-0.25, -0.2) is 0 Å². The van der Waals surface area contributed by atoms with Gasteiger partial charge in [-0.2, -0.15) is 0 Å². The number of nitrogens with zero attached hydrogens (tertiary/aromatic N) is 1. The van der Waals surface area contributed by atoms with Gasteiger partial charge in [0.25, 0.3) is 11.8 Å². The van der Waals surface area contributed by atoms with Crippen LogP contribution in [0.25, 0.3) is 6.08 Å². The van der Waals surface area contributed by atoms with Crippen molar-refractivity contribution in [3.8, 4) is 0 Å². The lowest BCUT2D eigenvalue weighted by molar-refractivity contribution is -0.112. The van der Waals surface area contributed by atoms with Crippen LogP contribution in [0.4, 0.5) is 5.69 Å². The van der Waals surface area contributed by atoms with Gasteiger partial charge in [-0.05, 0) is 56.0 Å². The Morgan fingerprint density at radius 3 is 2.68 bits per heavy atom. The summed E-state index contributed by atoms with van der Waals surface area (Å²) in [7, 11) is 0. The average molecular weight is 478 g/mol. The minimum atomic E-state index is -0.143. The van der Waals surface area contributed by atoms with E-state index in [1.54, 1.807) is 6.07 Å². The van der Waals surface area contributed by atoms with E-state index in [0.717, 1.165) is 23.4 Å². The van der Waals surface area contributed by atoms with E-state index in [1.807, 2.05) is 48.5 Å². The van der Waals surface area contributed by atoms with Crippen LogP contribution in [-0.2, 0) is 4.79 Å². The highest BCUT2D eigenvalue weighted by Gasteiger charge is 2.25. The molecule has 5 nitrogen and oxygen atoms in total. The molecule has 1 saturated carbocycles. The number of hydrogen-bond acceptors (Lipinski definition) is 4. The summed E-state index contributed by atoms with van der Waals surface area (Å²) in [6, 6.07) is 16.5. The molecule has 2 N–H and O–H groups in total. The van der Waals surface area contributed by atoms with Crippen LogP contribution in [0.5, 0.6) is 0 Å². The maximum Gasteiger partial charge on any atom is 0.262 e. The highest BCUT2D eigenvalue weighted by atomic mass is 32.2. The van der Waals surface area contributed by atoms with Gasteiger partial charge in [-0.1, -0.05) is 68.3 Å². The Balaban J connectivity index is 1.37. The molecule has 2 aromatic carbocycles. The fourth-order valence-electron chi connectivity index (χ4n) is 4.81. The number of nitrogens with one attached hydrogen (secondary N) is 2. The Labute approximate surface area is 207 Å². The summed E-state index contributed by atoms with van der Waals surface area (Å²) in [5.41, 5.74) is 2.25. The molecule has 0 spiro atoms. The Morgan fingerprint density at radius 1 is 1.18 bits per heavy atom. The van der Waals surface area contributed by atoms with Crippen molar-refractivity contribution in [2.75, 3.05) is 18.4 Å². The number of benzene rings is 2. The molecule has 2 aliphatic rings. The van der Waals surface area contributed by atoms with Crippen molar-refractivity contribution < 1.29 is 9.59 Å². The standard InChI is InChI=1S/C28H35N3O2S/c1-3-20(2)31(23-12-8-5-9-13-23)17-16-29-27(32)22-14-15-25-24(19-22)30-28(33)26(34-25)18-21-10-6-4-7-11-21/h4,6-7,10-11,14-15,18-20,23H,3,5,8-9,12-13,16-17H2,1-2H3,(H,29,32)(H,30,33)/b26-18-. The van der Waals surface area contributed by atoms with Gasteiger partial charge in [-0.3, -0.25) is 14.5 Å². The van der Waals surface area contributed by atoms with Crippen molar-refractivity contribution in [3.05, 3.63) is 64.6 Å². The molecule has 1 aliphatic carbocycles. The van der Waals surface area contributed by atoms with Gasteiger partial charge in [-0.15, -0.1) is 0 Å². The molecule has 4 rings (SSSR count). The Hall–Kier alpha value is -2.57. The van der Waals surface area contributed by atoms with E-state index in [2.05, 4.69) is 29.4 Å². The van der Waals surface area contributed by atoms with E-state index >= 15 is 0 Å². The molecule has 34 heavy (non-hydrogen) atoms. The molecule has 1 aliphatic heterocycles. The summed E-state index contributed by atoms with van der Waals surface area (Å²) >= 11 is 1.43. The lowest BCUT2D eigenvalue weighted by Crippen LogP contribution is -2.46. The lowest BCUT2D eigenvalue weighted by atomic mass is 9.93. The van der Waals surface area contributed by atoms with Crippen molar-refractivity contribution in [1.29, 1.82) is 0 Å². The summed E-state index contributed by atoms with van der Waals surface area (Å²) in [6.07, 6.45) is 9.50. The van der Waals surface area contributed by atoms with E-state index in [4.69, 9.17) is 0 Å². The van der Waals surface area contributed by atoms with Crippen LogP contribution in [0.15, 0.2) is 58.3 Å². The first-order valence-corrected chi connectivity index (χ1v) is 13.3. The van der Waals surface area contributed by atoms with Gasteiger partial charge < -0.3 is 10.6 Å². The molecule has 0 radical (unpaired) electrons. The van der Waals surface area contributed by atoms with Crippen molar-refractivity contribution in [2.45, 2.75) is 69.4 Å². The molecule has 2 aromatic rings. The summed E-state index contributed by atoms with van der Waals surface area (Å²) in [5.74, 6) is -0.240. The molecule has 1 heterocycles. The third-order valence-corrected chi connectivity index (χ3v) is 7.99. The Morgan fingerprint density at radius 2 is 1.94 bits per heavy atom. The van der Waals surface area contributed by atoms with Gasteiger partial charge in [0.05, 0.1) is 10.6 Å². The minimum Gasteiger partial charge on any atom is -0.351 e. The predicted octanol–water partition coefficient (Wildman–Crippen LogP) is 5.93. The highest BCUT2D eigenvalue weighted by molar-refractivity contribution is 8.04. The molecular weight excluding hydrogens is 442 g/mol. The van der Waals surface area contributed by atoms with E-state index in [0.29, 0.717) is 34.8 Å². The van der Waals surface area contributed by atoms with Gasteiger partial charge in [0.15, 0.2) is 0 Å². The fraction of sp³-hybridized carbons (Fsp3) is 0.429. The summed E-state index contributed by atoms with van der Waals surface area (Å²) < 4.78 is 0. The number of rotatable bonds is 8. The molecule has 0 aromatic heterocycles. The van der Waals surface area contributed by atoms with E-state index in [1.165, 1.54) is 43.9 Å². The van der Waals surface area contributed by atoms with Crippen molar-refractivity contribution >= 4 is 35.3 Å².